The van der Waals surface area contributed by atoms with Crippen LogP contribution in [0.1, 0.15) is 10.4 Å². The van der Waals surface area contributed by atoms with Crippen molar-refractivity contribution in [2.24, 2.45) is 0 Å². The SMILES string of the molecule is c1ccc(CN2CCN(c3nc(NCCc4cccs4)c4ccccc4n3)CC2)cc1. The van der Waals surface area contributed by atoms with Crippen molar-refractivity contribution in [1.82, 2.24) is 14.9 Å². The third-order valence-corrected chi connectivity index (χ3v) is 6.68. The number of thiophene rings is 1. The smallest absolute Gasteiger partial charge is 0.227 e. The van der Waals surface area contributed by atoms with Gasteiger partial charge in [-0.1, -0.05) is 48.5 Å². The van der Waals surface area contributed by atoms with E-state index in [-0.39, 0.29) is 0 Å². The fourth-order valence-electron chi connectivity index (χ4n) is 4.05. The van der Waals surface area contributed by atoms with Crippen LogP contribution in [0, 0.1) is 0 Å². The Labute approximate surface area is 187 Å². The largest absolute Gasteiger partial charge is 0.369 e. The summed E-state index contributed by atoms with van der Waals surface area (Å²) in [6.07, 6.45) is 1.00. The molecule has 4 aromatic rings. The molecule has 1 aliphatic heterocycles. The lowest BCUT2D eigenvalue weighted by Gasteiger charge is -2.35. The minimum Gasteiger partial charge on any atom is -0.369 e. The molecule has 0 unspecified atom stereocenters. The van der Waals surface area contributed by atoms with Gasteiger partial charge >= 0.3 is 0 Å². The van der Waals surface area contributed by atoms with E-state index in [0.717, 1.165) is 68.4 Å². The van der Waals surface area contributed by atoms with Crippen LogP contribution >= 0.6 is 11.3 Å². The second-order valence-corrected chi connectivity index (χ2v) is 8.93. The standard InChI is InChI=1S/C25H27N5S/c1-2-7-20(8-3-1)19-29-14-16-30(17-15-29)25-27-23-11-5-4-10-22(23)24(28-25)26-13-12-21-9-6-18-31-21/h1-11,18H,12-17,19H2,(H,26,27,28). The molecule has 1 aliphatic rings. The number of piperazine rings is 1. The van der Waals surface area contributed by atoms with Crippen molar-refractivity contribution in [2.45, 2.75) is 13.0 Å². The summed E-state index contributed by atoms with van der Waals surface area (Å²) in [6, 6.07) is 23.3. The minimum atomic E-state index is 0.830. The van der Waals surface area contributed by atoms with Crippen LogP contribution in [0.15, 0.2) is 72.1 Å². The first kappa shape index (κ1) is 20.0. The Morgan fingerprint density at radius 1 is 0.839 bits per heavy atom. The van der Waals surface area contributed by atoms with Crippen molar-refractivity contribution in [3.63, 3.8) is 0 Å². The molecule has 31 heavy (non-hydrogen) atoms. The topological polar surface area (TPSA) is 44.3 Å². The van der Waals surface area contributed by atoms with Crippen molar-refractivity contribution >= 4 is 34.0 Å². The number of para-hydroxylation sites is 1. The molecule has 5 nitrogen and oxygen atoms in total. The van der Waals surface area contributed by atoms with Gasteiger partial charge in [-0.3, -0.25) is 4.90 Å². The van der Waals surface area contributed by atoms with Crippen molar-refractivity contribution in [1.29, 1.82) is 0 Å². The zero-order valence-electron chi connectivity index (χ0n) is 17.6. The summed E-state index contributed by atoms with van der Waals surface area (Å²) < 4.78 is 0. The van der Waals surface area contributed by atoms with Crippen molar-refractivity contribution in [3.05, 3.63) is 82.6 Å². The summed E-state index contributed by atoms with van der Waals surface area (Å²) in [5.41, 5.74) is 2.37. The molecule has 5 rings (SSSR count). The third kappa shape index (κ3) is 4.86. The number of fused-ring (bicyclic) bond motifs is 1. The molecule has 158 valence electrons. The van der Waals surface area contributed by atoms with E-state index in [1.807, 2.05) is 6.07 Å². The van der Waals surface area contributed by atoms with E-state index < -0.39 is 0 Å². The van der Waals surface area contributed by atoms with Crippen LogP contribution in [0.25, 0.3) is 10.9 Å². The van der Waals surface area contributed by atoms with Gasteiger partial charge < -0.3 is 10.2 Å². The molecular weight excluding hydrogens is 402 g/mol. The van der Waals surface area contributed by atoms with Crippen LogP contribution < -0.4 is 10.2 Å². The summed E-state index contributed by atoms with van der Waals surface area (Å²) in [5, 5.41) is 6.78. The molecule has 2 aromatic carbocycles. The molecule has 1 saturated heterocycles. The van der Waals surface area contributed by atoms with Crippen LogP contribution in [-0.4, -0.2) is 47.6 Å². The van der Waals surface area contributed by atoms with Gasteiger partial charge in [-0.2, -0.15) is 4.98 Å². The van der Waals surface area contributed by atoms with E-state index in [0.29, 0.717) is 0 Å². The van der Waals surface area contributed by atoms with Gasteiger partial charge in [0.1, 0.15) is 5.82 Å². The Morgan fingerprint density at radius 2 is 1.65 bits per heavy atom. The van der Waals surface area contributed by atoms with Crippen LogP contribution in [-0.2, 0) is 13.0 Å². The number of benzene rings is 2. The highest BCUT2D eigenvalue weighted by atomic mass is 32.1. The Hall–Kier alpha value is -2.96. The molecule has 0 radical (unpaired) electrons. The molecule has 0 atom stereocenters. The van der Waals surface area contributed by atoms with Gasteiger partial charge in [-0.05, 0) is 35.6 Å². The maximum Gasteiger partial charge on any atom is 0.227 e. The average molecular weight is 430 g/mol. The number of hydrogen-bond acceptors (Lipinski definition) is 6. The Bertz CT molecular complexity index is 1110. The molecule has 6 heteroatoms. The highest BCUT2D eigenvalue weighted by Crippen LogP contribution is 2.24. The van der Waals surface area contributed by atoms with Crippen molar-refractivity contribution < 1.29 is 0 Å². The minimum absolute atomic E-state index is 0.830. The first-order valence-corrected chi connectivity index (χ1v) is 11.8. The molecule has 0 spiro atoms. The summed E-state index contributed by atoms with van der Waals surface area (Å²) in [4.78, 5) is 16.0. The summed E-state index contributed by atoms with van der Waals surface area (Å²) in [7, 11) is 0. The normalized spacial score (nSPS) is 14.8. The second-order valence-electron chi connectivity index (χ2n) is 7.89. The van der Waals surface area contributed by atoms with E-state index in [9.17, 15) is 0 Å². The average Bonchev–Trinajstić information content (AvgIpc) is 3.34. The lowest BCUT2D eigenvalue weighted by molar-refractivity contribution is 0.249. The summed E-state index contributed by atoms with van der Waals surface area (Å²) in [5.74, 6) is 1.76. The van der Waals surface area contributed by atoms with Gasteiger partial charge in [-0.25, -0.2) is 4.98 Å². The Morgan fingerprint density at radius 3 is 2.45 bits per heavy atom. The van der Waals surface area contributed by atoms with Crippen LogP contribution in [0.2, 0.25) is 0 Å². The van der Waals surface area contributed by atoms with E-state index in [1.54, 1.807) is 11.3 Å². The van der Waals surface area contributed by atoms with Crippen LogP contribution in [0.3, 0.4) is 0 Å². The molecule has 0 saturated carbocycles. The quantitative estimate of drug-likeness (QED) is 0.463. The fourth-order valence-corrected chi connectivity index (χ4v) is 4.76. The van der Waals surface area contributed by atoms with Gasteiger partial charge in [0.05, 0.1) is 5.52 Å². The zero-order valence-corrected chi connectivity index (χ0v) is 18.4. The Kier molecular flexibility index (Phi) is 6.09. The number of nitrogens with zero attached hydrogens (tertiary/aromatic N) is 4. The van der Waals surface area contributed by atoms with E-state index in [4.69, 9.17) is 9.97 Å². The van der Waals surface area contributed by atoms with Gasteiger partial charge in [-0.15, -0.1) is 11.3 Å². The van der Waals surface area contributed by atoms with Gasteiger partial charge in [0, 0.05) is 49.5 Å². The molecule has 1 N–H and O–H groups in total. The number of anilines is 2. The molecule has 0 amide bonds. The lowest BCUT2D eigenvalue weighted by Crippen LogP contribution is -2.46. The van der Waals surface area contributed by atoms with Crippen molar-refractivity contribution in [3.8, 4) is 0 Å². The first-order chi connectivity index (χ1) is 15.3. The molecule has 0 aliphatic carbocycles. The monoisotopic (exact) mass is 429 g/mol. The van der Waals surface area contributed by atoms with E-state index in [1.165, 1.54) is 10.4 Å². The molecular formula is C25H27N5S. The lowest BCUT2D eigenvalue weighted by atomic mass is 10.2. The van der Waals surface area contributed by atoms with Gasteiger partial charge in [0.25, 0.3) is 0 Å². The first-order valence-electron chi connectivity index (χ1n) is 10.9. The van der Waals surface area contributed by atoms with Gasteiger partial charge in [0.2, 0.25) is 5.95 Å². The fraction of sp³-hybridized carbons (Fsp3) is 0.280. The highest BCUT2D eigenvalue weighted by molar-refractivity contribution is 7.09. The van der Waals surface area contributed by atoms with E-state index in [2.05, 4.69) is 81.2 Å². The molecule has 0 bridgehead atoms. The third-order valence-electron chi connectivity index (χ3n) is 5.74. The summed E-state index contributed by atoms with van der Waals surface area (Å²) >= 11 is 1.80. The molecule has 1 fully saturated rings. The van der Waals surface area contributed by atoms with Crippen LogP contribution in [0.4, 0.5) is 11.8 Å². The number of rotatable bonds is 7. The van der Waals surface area contributed by atoms with E-state index >= 15 is 0 Å². The molecule has 2 aromatic heterocycles. The maximum atomic E-state index is 4.94. The number of aromatic nitrogens is 2. The van der Waals surface area contributed by atoms with Gasteiger partial charge in [0.15, 0.2) is 0 Å². The van der Waals surface area contributed by atoms with Crippen molar-refractivity contribution in [2.75, 3.05) is 42.9 Å². The van der Waals surface area contributed by atoms with Crippen LogP contribution in [0.5, 0.6) is 0 Å². The molecule has 3 heterocycles. The maximum absolute atomic E-state index is 4.94. The highest BCUT2D eigenvalue weighted by Gasteiger charge is 2.20. The Balaban J connectivity index is 1.28. The predicted octanol–water partition coefficient (Wildman–Crippen LogP) is 4.67. The number of nitrogens with one attached hydrogen (secondary N) is 1. The number of hydrogen-bond donors (Lipinski definition) is 1. The summed E-state index contributed by atoms with van der Waals surface area (Å²) in [6.45, 7) is 5.80. The zero-order chi connectivity index (χ0) is 20.9. The second kappa shape index (κ2) is 9.45. The predicted molar refractivity (Wildman–Crippen MR) is 130 cm³/mol.